The van der Waals surface area contributed by atoms with Crippen molar-refractivity contribution in [2.75, 3.05) is 4.90 Å². The molecule has 4 rings (SSSR count). The van der Waals surface area contributed by atoms with Crippen molar-refractivity contribution in [3.63, 3.8) is 0 Å². The molecule has 22 heavy (non-hydrogen) atoms. The normalized spacial score (nSPS) is 26.7. The first-order valence-electron chi connectivity index (χ1n) is 8.30. The molecule has 1 nitrogen and oxygen atoms in total. The number of hydrogen-bond donors (Lipinski definition) is 0. The molecule has 2 aromatic rings. The van der Waals surface area contributed by atoms with E-state index in [1.54, 1.807) is 0 Å². The minimum absolute atomic E-state index is 0.279. The zero-order valence-corrected chi connectivity index (χ0v) is 13.3. The maximum absolute atomic E-state index is 4.50. The predicted molar refractivity (Wildman–Crippen MR) is 92.9 cm³/mol. The molecule has 112 valence electrons. The van der Waals surface area contributed by atoms with Crippen LogP contribution in [0.25, 0.3) is 0 Å². The van der Waals surface area contributed by atoms with E-state index < -0.39 is 0 Å². The van der Waals surface area contributed by atoms with E-state index in [2.05, 4.69) is 73.0 Å². The quantitative estimate of drug-likeness (QED) is 0.727. The molecule has 2 unspecified atom stereocenters. The number of anilines is 1. The first kappa shape index (κ1) is 13.6. The third kappa shape index (κ3) is 1.92. The van der Waals surface area contributed by atoms with E-state index in [1.165, 1.54) is 41.8 Å². The molecular formula is C21H23N. The van der Waals surface area contributed by atoms with Gasteiger partial charge in [0, 0.05) is 29.3 Å². The standard InChI is InChI=1S/C21H23N/c1-16-18-12-8-14-21(18,2)19-11-6-7-13-20(19)22(16)15-17-9-4-3-5-10-17/h3-7,9-11,13,18H,1,8,12,14-15H2,2H3. The average Bonchev–Trinajstić information content (AvgIpc) is 2.96. The molecule has 2 aromatic carbocycles. The summed E-state index contributed by atoms with van der Waals surface area (Å²) in [7, 11) is 0. The van der Waals surface area contributed by atoms with Gasteiger partial charge in [0.15, 0.2) is 0 Å². The molecule has 1 fully saturated rings. The Morgan fingerprint density at radius 3 is 2.64 bits per heavy atom. The minimum Gasteiger partial charge on any atom is -0.341 e. The molecule has 1 aliphatic heterocycles. The van der Waals surface area contributed by atoms with Crippen LogP contribution in [0.3, 0.4) is 0 Å². The molecule has 1 aliphatic carbocycles. The third-order valence-corrected chi connectivity index (χ3v) is 5.70. The number of allylic oxidation sites excluding steroid dienone is 1. The highest BCUT2D eigenvalue weighted by Gasteiger charge is 2.47. The third-order valence-electron chi connectivity index (χ3n) is 5.70. The van der Waals surface area contributed by atoms with Crippen molar-refractivity contribution in [2.24, 2.45) is 5.92 Å². The lowest BCUT2D eigenvalue weighted by molar-refractivity contribution is 0.368. The predicted octanol–water partition coefficient (Wildman–Crippen LogP) is 5.28. The van der Waals surface area contributed by atoms with Gasteiger partial charge in [-0.1, -0.05) is 68.5 Å². The molecule has 1 heteroatoms. The van der Waals surface area contributed by atoms with Gasteiger partial charge < -0.3 is 4.90 Å². The molecule has 2 atom stereocenters. The summed E-state index contributed by atoms with van der Waals surface area (Å²) in [5.74, 6) is 0.589. The van der Waals surface area contributed by atoms with Crippen molar-refractivity contribution in [3.05, 3.63) is 78.0 Å². The van der Waals surface area contributed by atoms with E-state index in [0.29, 0.717) is 5.92 Å². The molecule has 0 saturated heterocycles. The Morgan fingerprint density at radius 1 is 1.09 bits per heavy atom. The van der Waals surface area contributed by atoms with Crippen LogP contribution in [-0.2, 0) is 12.0 Å². The van der Waals surface area contributed by atoms with E-state index in [0.717, 1.165) is 6.54 Å². The van der Waals surface area contributed by atoms with E-state index in [-0.39, 0.29) is 5.41 Å². The van der Waals surface area contributed by atoms with Crippen molar-refractivity contribution in [3.8, 4) is 0 Å². The number of benzene rings is 2. The molecule has 2 aliphatic rings. The number of rotatable bonds is 2. The number of hydrogen-bond acceptors (Lipinski definition) is 1. The van der Waals surface area contributed by atoms with Gasteiger partial charge in [-0.05, 0) is 30.0 Å². The summed E-state index contributed by atoms with van der Waals surface area (Å²) in [6.07, 6.45) is 3.87. The Labute approximate surface area is 133 Å². The van der Waals surface area contributed by atoms with Gasteiger partial charge in [0.25, 0.3) is 0 Å². The summed E-state index contributed by atoms with van der Waals surface area (Å²) >= 11 is 0. The smallest absolute Gasteiger partial charge is 0.0478 e. The lowest BCUT2D eigenvalue weighted by Gasteiger charge is -2.46. The largest absolute Gasteiger partial charge is 0.341 e. The highest BCUT2D eigenvalue weighted by atomic mass is 15.2. The first-order chi connectivity index (χ1) is 10.7. The fourth-order valence-corrected chi connectivity index (χ4v) is 4.51. The van der Waals surface area contributed by atoms with E-state index in [1.807, 2.05) is 0 Å². The summed E-state index contributed by atoms with van der Waals surface area (Å²) in [6, 6.07) is 19.7. The monoisotopic (exact) mass is 289 g/mol. The van der Waals surface area contributed by atoms with Crippen LogP contribution in [0.15, 0.2) is 66.9 Å². The van der Waals surface area contributed by atoms with Crippen LogP contribution in [-0.4, -0.2) is 0 Å². The number of nitrogens with zero attached hydrogens (tertiary/aromatic N) is 1. The van der Waals surface area contributed by atoms with Crippen LogP contribution in [0.4, 0.5) is 5.69 Å². The van der Waals surface area contributed by atoms with Gasteiger partial charge in [0.2, 0.25) is 0 Å². The van der Waals surface area contributed by atoms with Gasteiger partial charge in [-0.2, -0.15) is 0 Å². The van der Waals surface area contributed by atoms with Crippen LogP contribution in [0.1, 0.15) is 37.3 Å². The molecular weight excluding hydrogens is 266 g/mol. The molecule has 0 spiro atoms. The molecule has 1 saturated carbocycles. The topological polar surface area (TPSA) is 3.24 Å². The molecule has 0 aromatic heterocycles. The lowest BCUT2D eigenvalue weighted by atomic mass is 9.69. The highest BCUT2D eigenvalue weighted by Crippen LogP contribution is 2.55. The van der Waals surface area contributed by atoms with Crippen molar-refractivity contribution >= 4 is 5.69 Å². The SMILES string of the molecule is C=C1C2CCCC2(C)c2ccccc2N1Cc1ccccc1. The van der Waals surface area contributed by atoms with E-state index in [9.17, 15) is 0 Å². The molecule has 1 heterocycles. The Kier molecular flexibility index (Phi) is 3.11. The number of fused-ring (bicyclic) bond motifs is 3. The highest BCUT2D eigenvalue weighted by molar-refractivity contribution is 5.65. The Bertz CT molecular complexity index is 703. The average molecular weight is 289 g/mol. The van der Waals surface area contributed by atoms with Gasteiger partial charge in [-0.15, -0.1) is 0 Å². The van der Waals surface area contributed by atoms with E-state index >= 15 is 0 Å². The lowest BCUT2D eigenvalue weighted by Crippen LogP contribution is -2.41. The molecule has 0 bridgehead atoms. The minimum atomic E-state index is 0.279. The Hall–Kier alpha value is -2.02. The van der Waals surface area contributed by atoms with Crippen LogP contribution in [0.5, 0.6) is 0 Å². The fraction of sp³-hybridized carbons (Fsp3) is 0.333. The van der Waals surface area contributed by atoms with Gasteiger partial charge in [-0.25, -0.2) is 0 Å². The first-order valence-corrected chi connectivity index (χ1v) is 8.30. The van der Waals surface area contributed by atoms with Crippen molar-refractivity contribution in [1.29, 1.82) is 0 Å². The maximum atomic E-state index is 4.50. The molecule has 0 amide bonds. The van der Waals surface area contributed by atoms with Gasteiger partial charge in [-0.3, -0.25) is 0 Å². The zero-order valence-electron chi connectivity index (χ0n) is 13.3. The van der Waals surface area contributed by atoms with Crippen molar-refractivity contribution in [1.82, 2.24) is 0 Å². The fourth-order valence-electron chi connectivity index (χ4n) is 4.51. The summed E-state index contributed by atoms with van der Waals surface area (Å²) < 4.78 is 0. The second-order valence-corrected chi connectivity index (χ2v) is 6.94. The van der Waals surface area contributed by atoms with E-state index in [4.69, 9.17) is 0 Å². The summed E-state index contributed by atoms with van der Waals surface area (Å²) in [4.78, 5) is 2.45. The molecule has 0 N–H and O–H groups in total. The summed E-state index contributed by atoms with van der Waals surface area (Å²) in [5.41, 5.74) is 5.81. The van der Waals surface area contributed by atoms with Crippen molar-refractivity contribution in [2.45, 2.75) is 38.1 Å². The van der Waals surface area contributed by atoms with Crippen molar-refractivity contribution < 1.29 is 0 Å². The second-order valence-electron chi connectivity index (χ2n) is 6.94. The van der Waals surface area contributed by atoms with Crippen LogP contribution < -0.4 is 4.90 Å². The van der Waals surface area contributed by atoms with Crippen LogP contribution in [0.2, 0.25) is 0 Å². The second kappa shape index (κ2) is 5.01. The zero-order chi connectivity index (χ0) is 15.2. The van der Waals surface area contributed by atoms with Gasteiger partial charge in [0.05, 0.1) is 0 Å². The van der Waals surface area contributed by atoms with Crippen LogP contribution >= 0.6 is 0 Å². The Balaban J connectivity index is 1.80. The number of para-hydroxylation sites is 1. The Morgan fingerprint density at radius 2 is 1.82 bits per heavy atom. The molecule has 0 radical (unpaired) electrons. The van der Waals surface area contributed by atoms with Gasteiger partial charge >= 0.3 is 0 Å². The van der Waals surface area contributed by atoms with Gasteiger partial charge in [0.1, 0.15) is 0 Å². The van der Waals surface area contributed by atoms with Crippen LogP contribution in [0, 0.1) is 5.92 Å². The summed E-state index contributed by atoms with van der Waals surface area (Å²) in [6.45, 7) is 7.86. The maximum Gasteiger partial charge on any atom is 0.0478 e. The summed E-state index contributed by atoms with van der Waals surface area (Å²) in [5, 5.41) is 0.